The molecule has 0 unspecified atom stereocenters. The molecule has 1 aromatic heterocycles. The van der Waals surface area contributed by atoms with E-state index < -0.39 is 0 Å². The normalized spacial score (nSPS) is 10.7. The van der Waals surface area contributed by atoms with E-state index in [1.807, 2.05) is 19.9 Å². The predicted octanol–water partition coefficient (Wildman–Crippen LogP) is 3.73. The van der Waals surface area contributed by atoms with Gasteiger partial charge in [-0.05, 0) is 59.7 Å². The van der Waals surface area contributed by atoms with Gasteiger partial charge in [-0.3, -0.25) is 0 Å². The summed E-state index contributed by atoms with van der Waals surface area (Å²) in [5.74, 6) is -0.377. The maximum atomic E-state index is 13.3. The minimum absolute atomic E-state index is 0.377. The van der Waals surface area contributed by atoms with E-state index in [1.165, 1.54) is 17.8 Å². The average Bonchev–Trinajstić information content (AvgIpc) is 2.24. The Hall–Kier alpha value is -1.14. The molecule has 18 heavy (non-hydrogen) atoms. The highest BCUT2D eigenvalue weighted by atomic mass is 79.9. The van der Waals surface area contributed by atoms with Crippen molar-refractivity contribution >= 4 is 33.4 Å². The van der Waals surface area contributed by atoms with Gasteiger partial charge < -0.3 is 5.73 Å². The van der Waals surface area contributed by atoms with Gasteiger partial charge in [-0.2, -0.15) is 0 Å². The summed E-state index contributed by atoms with van der Waals surface area (Å²) < 4.78 is 13.6. The van der Waals surface area contributed by atoms with Crippen molar-refractivity contribution in [3.05, 3.63) is 39.9 Å². The van der Waals surface area contributed by atoms with Crippen LogP contribution in [0.5, 0.6) is 0 Å². The number of nitrogen functional groups attached to an aromatic ring is 1. The fourth-order valence-electron chi connectivity index (χ4n) is 1.47. The molecule has 3 nitrogen and oxygen atoms in total. The van der Waals surface area contributed by atoms with E-state index in [0.717, 1.165) is 16.3 Å². The van der Waals surface area contributed by atoms with E-state index >= 15 is 0 Å². The van der Waals surface area contributed by atoms with Crippen molar-refractivity contribution in [3.8, 4) is 0 Å². The van der Waals surface area contributed by atoms with Gasteiger partial charge in [0.25, 0.3) is 0 Å². The predicted molar refractivity (Wildman–Crippen MR) is 74.1 cm³/mol. The fourth-order valence-corrected chi connectivity index (χ4v) is 2.89. The molecular formula is C12H11BrFN3S. The second-order valence-corrected chi connectivity index (χ2v) is 5.70. The van der Waals surface area contributed by atoms with E-state index in [4.69, 9.17) is 5.73 Å². The average molecular weight is 328 g/mol. The first-order valence-corrected chi connectivity index (χ1v) is 6.81. The molecule has 0 atom stereocenters. The van der Waals surface area contributed by atoms with Crippen molar-refractivity contribution in [1.82, 2.24) is 9.97 Å². The van der Waals surface area contributed by atoms with Crippen LogP contribution in [0.3, 0.4) is 0 Å². The number of aromatic nitrogens is 2. The number of halogens is 2. The molecule has 1 aromatic carbocycles. The Morgan fingerprint density at radius 3 is 2.39 bits per heavy atom. The number of nitrogens with zero attached hydrogens (tertiary/aromatic N) is 2. The summed E-state index contributed by atoms with van der Waals surface area (Å²) in [6.45, 7) is 3.81. The molecule has 0 spiro atoms. The van der Waals surface area contributed by atoms with Crippen LogP contribution in [0.4, 0.5) is 10.1 Å². The van der Waals surface area contributed by atoms with Gasteiger partial charge >= 0.3 is 0 Å². The second kappa shape index (κ2) is 5.24. The van der Waals surface area contributed by atoms with Crippen molar-refractivity contribution in [2.24, 2.45) is 0 Å². The van der Waals surface area contributed by atoms with E-state index in [-0.39, 0.29) is 5.82 Å². The zero-order valence-electron chi connectivity index (χ0n) is 9.87. The maximum absolute atomic E-state index is 13.3. The highest BCUT2D eigenvalue weighted by molar-refractivity contribution is 9.10. The molecule has 0 aliphatic carbocycles. The van der Waals surface area contributed by atoms with E-state index in [2.05, 4.69) is 25.9 Å². The molecule has 2 N–H and O–H groups in total. The fraction of sp³-hybridized carbons (Fsp3) is 0.167. The lowest BCUT2D eigenvalue weighted by atomic mass is 10.3. The summed E-state index contributed by atoms with van der Waals surface area (Å²) in [6.07, 6.45) is 0. The second-order valence-electron chi connectivity index (χ2n) is 3.84. The van der Waals surface area contributed by atoms with Crippen LogP contribution in [0.1, 0.15) is 11.4 Å². The van der Waals surface area contributed by atoms with Crippen molar-refractivity contribution < 1.29 is 4.39 Å². The molecule has 2 aromatic rings. The third-order valence-corrected chi connectivity index (χ3v) is 3.76. The Kier molecular flexibility index (Phi) is 3.87. The largest absolute Gasteiger partial charge is 0.398 e. The van der Waals surface area contributed by atoms with Crippen molar-refractivity contribution in [3.63, 3.8) is 0 Å². The van der Waals surface area contributed by atoms with Crippen LogP contribution in [-0.2, 0) is 0 Å². The summed E-state index contributed by atoms with van der Waals surface area (Å²) >= 11 is 4.46. The number of rotatable bonds is 2. The van der Waals surface area contributed by atoms with Gasteiger partial charge in [0.15, 0.2) is 5.16 Å². The van der Waals surface area contributed by atoms with Crippen LogP contribution in [-0.4, -0.2) is 9.97 Å². The number of anilines is 1. The van der Waals surface area contributed by atoms with Gasteiger partial charge in [0.2, 0.25) is 0 Å². The first-order chi connectivity index (χ1) is 8.45. The van der Waals surface area contributed by atoms with Gasteiger partial charge in [-0.1, -0.05) is 0 Å². The van der Waals surface area contributed by atoms with Gasteiger partial charge in [0, 0.05) is 22.0 Å². The molecule has 2 rings (SSSR count). The molecule has 0 radical (unpaired) electrons. The number of aryl methyl sites for hydroxylation is 2. The van der Waals surface area contributed by atoms with Crippen LogP contribution in [0.25, 0.3) is 0 Å². The van der Waals surface area contributed by atoms with Gasteiger partial charge in [-0.15, -0.1) is 0 Å². The molecule has 0 bridgehead atoms. The molecule has 1 heterocycles. The zero-order valence-corrected chi connectivity index (χ0v) is 12.3. The molecule has 0 fully saturated rings. The Morgan fingerprint density at radius 1 is 1.17 bits per heavy atom. The van der Waals surface area contributed by atoms with Gasteiger partial charge in [0.05, 0.1) is 4.47 Å². The number of hydrogen-bond donors (Lipinski definition) is 1. The minimum atomic E-state index is -0.377. The van der Waals surface area contributed by atoms with Crippen LogP contribution >= 0.6 is 27.7 Å². The number of benzene rings is 1. The van der Waals surface area contributed by atoms with Gasteiger partial charge in [0.1, 0.15) is 5.82 Å². The molecule has 0 saturated heterocycles. The lowest BCUT2D eigenvalue weighted by Crippen LogP contribution is -1.95. The van der Waals surface area contributed by atoms with Gasteiger partial charge in [-0.25, -0.2) is 14.4 Å². The zero-order chi connectivity index (χ0) is 13.3. The highest BCUT2D eigenvalue weighted by Gasteiger charge is 2.09. The Bertz CT molecular complexity index is 584. The number of nitrogens with two attached hydrogens (primary N) is 1. The molecule has 0 saturated carbocycles. The lowest BCUT2D eigenvalue weighted by Gasteiger charge is -2.07. The maximum Gasteiger partial charge on any atom is 0.192 e. The first-order valence-electron chi connectivity index (χ1n) is 5.20. The topological polar surface area (TPSA) is 51.8 Å². The van der Waals surface area contributed by atoms with Crippen LogP contribution < -0.4 is 5.73 Å². The van der Waals surface area contributed by atoms with Crippen LogP contribution in [0.2, 0.25) is 0 Å². The standard InChI is InChI=1S/C12H11BrFN3S/c1-6-3-7(2)17-12(16-6)18-11-4-8(13)9(14)5-10(11)15/h3-5H,15H2,1-2H3. The summed E-state index contributed by atoms with van der Waals surface area (Å²) in [5.41, 5.74) is 7.94. The third-order valence-electron chi connectivity index (χ3n) is 2.22. The molecule has 94 valence electrons. The van der Waals surface area contributed by atoms with Crippen molar-refractivity contribution in [1.29, 1.82) is 0 Å². The smallest absolute Gasteiger partial charge is 0.192 e. The summed E-state index contributed by atoms with van der Waals surface area (Å²) in [6, 6.07) is 4.82. The molecule has 0 aliphatic heterocycles. The minimum Gasteiger partial charge on any atom is -0.398 e. The Balaban J connectivity index is 2.36. The first kappa shape index (κ1) is 13.3. The Labute approximate surface area is 117 Å². The quantitative estimate of drug-likeness (QED) is 0.674. The molecule has 0 amide bonds. The monoisotopic (exact) mass is 327 g/mol. The van der Waals surface area contributed by atoms with E-state index in [0.29, 0.717) is 15.3 Å². The molecule has 0 aliphatic rings. The summed E-state index contributed by atoms with van der Waals surface area (Å²) in [4.78, 5) is 9.35. The summed E-state index contributed by atoms with van der Waals surface area (Å²) in [5, 5.41) is 0.609. The summed E-state index contributed by atoms with van der Waals surface area (Å²) in [7, 11) is 0. The SMILES string of the molecule is Cc1cc(C)nc(Sc2cc(Br)c(F)cc2N)n1. The lowest BCUT2D eigenvalue weighted by molar-refractivity contribution is 0.620. The van der Waals surface area contributed by atoms with Crippen molar-refractivity contribution in [2.45, 2.75) is 23.9 Å². The van der Waals surface area contributed by atoms with E-state index in [1.54, 1.807) is 6.07 Å². The third kappa shape index (κ3) is 3.00. The number of hydrogen-bond acceptors (Lipinski definition) is 4. The van der Waals surface area contributed by atoms with Crippen molar-refractivity contribution in [2.75, 3.05) is 5.73 Å². The molecule has 6 heteroatoms. The molecular weight excluding hydrogens is 317 g/mol. The van der Waals surface area contributed by atoms with E-state index in [9.17, 15) is 4.39 Å². The highest BCUT2D eigenvalue weighted by Crippen LogP contribution is 2.33. The van der Waals surface area contributed by atoms with Crippen LogP contribution in [0, 0.1) is 19.7 Å². The Morgan fingerprint density at radius 2 is 1.78 bits per heavy atom. The van der Waals surface area contributed by atoms with Crippen LogP contribution in [0.15, 0.2) is 32.7 Å².